The van der Waals surface area contributed by atoms with Crippen LogP contribution in [0.1, 0.15) is 0 Å². The fourth-order valence-electron chi connectivity index (χ4n) is 0.453. The van der Waals surface area contributed by atoms with Crippen LogP contribution in [-0.4, -0.2) is 18.6 Å². The largest absolute Gasteiger partial charge is 0.508 e. The SMILES string of the molecule is Oc1ccc(O)cc1.[B]. The van der Waals surface area contributed by atoms with Gasteiger partial charge in [-0.2, -0.15) is 0 Å². The molecule has 0 aromatic heterocycles. The maximum atomic E-state index is 8.65. The van der Waals surface area contributed by atoms with E-state index in [2.05, 4.69) is 0 Å². The van der Waals surface area contributed by atoms with E-state index in [1.165, 1.54) is 24.3 Å². The first kappa shape index (κ1) is 7.88. The molecule has 45 valence electrons. The van der Waals surface area contributed by atoms with Crippen LogP contribution in [0.15, 0.2) is 24.3 Å². The summed E-state index contributed by atoms with van der Waals surface area (Å²) in [6, 6.07) is 5.70. The van der Waals surface area contributed by atoms with Crippen molar-refractivity contribution in [1.82, 2.24) is 0 Å². The van der Waals surface area contributed by atoms with E-state index in [0.29, 0.717) is 0 Å². The van der Waals surface area contributed by atoms with E-state index in [4.69, 9.17) is 10.2 Å². The highest BCUT2D eigenvalue weighted by Crippen LogP contribution is 2.13. The smallest absolute Gasteiger partial charge is 0.115 e. The van der Waals surface area contributed by atoms with Crippen molar-refractivity contribution in [3.8, 4) is 11.5 Å². The van der Waals surface area contributed by atoms with E-state index in [1.54, 1.807) is 0 Å². The molecule has 1 aromatic carbocycles. The molecule has 0 aliphatic carbocycles. The molecule has 1 rings (SSSR count). The summed E-state index contributed by atoms with van der Waals surface area (Å²) in [7, 11) is 0. The van der Waals surface area contributed by atoms with Gasteiger partial charge < -0.3 is 10.2 Å². The molecule has 2 N–H and O–H groups in total. The van der Waals surface area contributed by atoms with Gasteiger partial charge in [-0.3, -0.25) is 0 Å². The average Bonchev–Trinajstić information content (AvgIpc) is 1.77. The zero-order valence-corrected chi connectivity index (χ0v) is 4.78. The molecule has 9 heavy (non-hydrogen) atoms. The molecule has 0 heterocycles. The van der Waals surface area contributed by atoms with Crippen molar-refractivity contribution in [2.75, 3.05) is 0 Å². The van der Waals surface area contributed by atoms with Gasteiger partial charge in [0.2, 0.25) is 0 Å². The highest BCUT2D eigenvalue weighted by molar-refractivity contribution is 5.75. The topological polar surface area (TPSA) is 40.5 Å². The third-order valence-corrected chi connectivity index (χ3v) is 0.850. The maximum absolute atomic E-state index is 8.65. The van der Waals surface area contributed by atoms with Gasteiger partial charge in [-0.15, -0.1) is 0 Å². The second-order valence-corrected chi connectivity index (χ2v) is 1.52. The number of hydrogen-bond donors (Lipinski definition) is 2. The van der Waals surface area contributed by atoms with Crippen LogP contribution in [0.3, 0.4) is 0 Å². The normalized spacial score (nSPS) is 8.00. The second-order valence-electron chi connectivity index (χ2n) is 1.52. The lowest BCUT2D eigenvalue weighted by atomic mass is 10.3. The van der Waals surface area contributed by atoms with Gasteiger partial charge in [-0.1, -0.05) is 0 Å². The Balaban J connectivity index is 0.000000640. The van der Waals surface area contributed by atoms with Gasteiger partial charge in [-0.25, -0.2) is 0 Å². The van der Waals surface area contributed by atoms with E-state index in [1.807, 2.05) is 0 Å². The average molecular weight is 121 g/mol. The number of rotatable bonds is 0. The molecule has 1 aromatic rings. The minimum absolute atomic E-state index is 0. The minimum Gasteiger partial charge on any atom is -0.508 e. The Labute approximate surface area is 55.3 Å². The van der Waals surface area contributed by atoms with Gasteiger partial charge in [0.25, 0.3) is 0 Å². The first-order chi connectivity index (χ1) is 3.79. The Bertz CT molecular complexity index is 150. The summed E-state index contributed by atoms with van der Waals surface area (Å²) in [5, 5.41) is 17.3. The van der Waals surface area contributed by atoms with Gasteiger partial charge in [0.1, 0.15) is 11.5 Å². The van der Waals surface area contributed by atoms with Gasteiger partial charge >= 0.3 is 0 Å². The minimum atomic E-state index is 0. The number of aromatic hydroxyl groups is 2. The number of benzene rings is 1. The molecule has 0 unspecified atom stereocenters. The summed E-state index contributed by atoms with van der Waals surface area (Å²) in [6.07, 6.45) is 0. The molecule has 3 heteroatoms. The van der Waals surface area contributed by atoms with E-state index in [0.717, 1.165) is 0 Å². The lowest BCUT2D eigenvalue weighted by Gasteiger charge is -1.88. The van der Waals surface area contributed by atoms with Crippen molar-refractivity contribution in [2.24, 2.45) is 0 Å². The Kier molecular flexibility index (Phi) is 2.65. The summed E-state index contributed by atoms with van der Waals surface area (Å²) < 4.78 is 0. The highest BCUT2D eigenvalue weighted by Gasteiger charge is 1.84. The molecular formula is C6H6BO2. The Hall–Kier alpha value is -1.12. The molecular weight excluding hydrogens is 115 g/mol. The van der Waals surface area contributed by atoms with Crippen molar-refractivity contribution in [1.29, 1.82) is 0 Å². The van der Waals surface area contributed by atoms with Crippen LogP contribution in [0.25, 0.3) is 0 Å². The van der Waals surface area contributed by atoms with E-state index in [9.17, 15) is 0 Å². The van der Waals surface area contributed by atoms with E-state index >= 15 is 0 Å². The predicted molar refractivity (Wildman–Crippen MR) is 35.5 cm³/mol. The molecule has 0 bridgehead atoms. The molecule has 0 fully saturated rings. The third-order valence-electron chi connectivity index (χ3n) is 0.850. The van der Waals surface area contributed by atoms with Gasteiger partial charge in [0.15, 0.2) is 0 Å². The van der Waals surface area contributed by atoms with Crippen LogP contribution >= 0.6 is 0 Å². The summed E-state index contributed by atoms with van der Waals surface area (Å²) >= 11 is 0. The van der Waals surface area contributed by atoms with E-state index in [-0.39, 0.29) is 19.9 Å². The van der Waals surface area contributed by atoms with E-state index < -0.39 is 0 Å². The zero-order chi connectivity index (χ0) is 5.98. The predicted octanol–water partition coefficient (Wildman–Crippen LogP) is 0.717. The molecule has 2 nitrogen and oxygen atoms in total. The Morgan fingerprint density at radius 1 is 0.778 bits per heavy atom. The van der Waals surface area contributed by atoms with Crippen molar-refractivity contribution in [3.63, 3.8) is 0 Å². The summed E-state index contributed by atoms with van der Waals surface area (Å²) in [5.41, 5.74) is 0. The van der Waals surface area contributed by atoms with Gasteiger partial charge in [-0.05, 0) is 24.3 Å². The number of phenolic OH excluding ortho intramolecular Hbond substituents is 2. The second kappa shape index (κ2) is 3.02. The zero-order valence-electron chi connectivity index (χ0n) is 4.78. The van der Waals surface area contributed by atoms with Crippen LogP contribution in [0.4, 0.5) is 0 Å². The van der Waals surface area contributed by atoms with Crippen LogP contribution in [-0.2, 0) is 0 Å². The monoisotopic (exact) mass is 121 g/mol. The van der Waals surface area contributed by atoms with Crippen molar-refractivity contribution in [3.05, 3.63) is 24.3 Å². The third kappa shape index (κ3) is 2.08. The molecule has 0 aliphatic rings. The molecule has 0 spiro atoms. The molecule has 0 saturated heterocycles. The number of hydrogen-bond acceptors (Lipinski definition) is 2. The van der Waals surface area contributed by atoms with Crippen molar-refractivity contribution in [2.45, 2.75) is 0 Å². The lowest BCUT2D eigenvalue weighted by Crippen LogP contribution is -1.61. The van der Waals surface area contributed by atoms with Crippen LogP contribution in [0.5, 0.6) is 11.5 Å². The Morgan fingerprint density at radius 3 is 1.22 bits per heavy atom. The summed E-state index contributed by atoms with van der Waals surface area (Å²) in [6.45, 7) is 0. The molecule has 0 saturated carbocycles. The molecule has 0 amide bonds. The van der Waals surface area contributed by atoms with Crippen LogP contribution in [0, 0.1) is 0 Å². The van der Waals surface area contributed by atoms with Gasteiger partial charge in [0, 0.05) is 8.41 Å². The van der Waals surface area contributed by atoms with Gasteiger partial charge in [0.05, 0.1) is 0 Å². The standard InChI is InChI=1S/C6H6O2.B/c7-5-1-2-6(8)4-3-5;/h1-4,7-8H;. The quantitative estimate of drug-likeness (QED) is 0.392. The maximum Gasteiger partial charge on any atom is 0.115 e. The lowest BCUT2D eigenvalue weighted by molar-refractivity contribution is 0.460. The number of phenols is 2. The van der Waals surface area contributed by atoms with Crippen LogP contribution < -0.4 is 0 Å². The molecule has 0 aliphatic heterocycles. The first-order valence-corrected chi connectivity index (χ1v) is 2.27. The van der Waals surface area contributed by atoms with Crippen molar-refractivity contribution < 1.29 is 10.2 Å². The van der Waals surface area contributed by atoms with Crippen LogP contribution in [0.2, 0.25) is 0 Å². The fraction of sp³-hybridized carbons (Fsp3) is 0. The summed E-state index contributed by atoms with van der Waals surface area (Å²) in [4.78, 5) is 0. The fourth-order valence-corrected chi connectivity index (χ4v) is 0.453. The molecule has 3 radical (unpaired) electrons. The summed E-state index contributed by atoms with van der Waals surface area (Å²) in [5.74, 6) is 0.339. The Morgan fingerprint density at radius 2 is 1.00 bits per heavy atom. The van der Waals surface area contributed by atoms with Crippen molar-refractivity contribution >= 4 is 8.41 Å². The highest BCUT2D eigenvalue weighted by atomic mass is 16.3. The first-order valence-electron chi connectivity index (χ1n) is 2.27. The molecule has 0 atom stereocenters.